The summed E-state index contributed by atoms with van der Waals surface area (Å²) in [7, 11) is 1.96. The molecule has 0 saturated carbocycles. The van der Waals surface area contributed by atoms with Crippen LogP contribution in [0.4, 0.5) is 0 Å². The molecule has 1 aromatic heterocycles. The molecule has 0 spiro atoms. The van der Waals surface area contributed by atoms with Crippen molar-refractivity contribution in [1.82, 2.24) is 10.3 Å². The van der Waals surface area contributed by atoms with Crippen molar-refractivity contribution < 1.29 is 0 Å². The molecule has 0 unspecified atom stereocenters. The second-order valence-electron chi connectivity index (χ2n) is 4.71. The SMILES string of the molecule is CNCc1cc2ccccc2nc1Sc1ccccc1Br. The number of aromatic nitrogens is 1. The molecule has 0 aliphatic carbocycles. The van der Waals surface area contributed by atoms with Crippen molar-refractivity contribution in [3.05, 3.63) is 64.6 Å². The lowest BCUT2D eigenvalue weighted by atomic mass is 10.1. The Bertz CT molecular complexity index is 774. The van der Waals surface area contributed by atoms with Crippen LogP contribution in [-0.2, 0) is 6.54 Å². The van der Waals surface area contributed by atoms with Gasteiger partial charge in [-0.15, -0.1) is 0 Å². The molecule has 0 saturated heterocycles. The van der Waals surface area contributed by atoms with Crippen LogP contribution >= 0.6 is 27.7 Å². The Hall–Kier alpha value is -1.36. The van der Waals surface area contributed by atoms with Crippen molar-refractivity contribution in [3.63, 3.8) is 0 Å². The molecule has 3 rings (SSSR count). The fraction of sp³-hybridized carbons (Fsp3) is 0.118. The molecule has 2 aromatic carbocycles. The first-order valence-electron chi connectivity index (χ1n) is 6.73. The Morgan fingerprint density at radius 2 is 1.86 bits per heavy atom. The van der Waals surface area contributed by atoms with E-state index < -0.39 is 0 Å². The van der Waals surface area contributed by atoms with Gasteiger partial charge in [0.1, 0.15) is 5.03 Å². The first kappa shape index (κ1) is 14.6. The summed E-state index contributed by atoms with van der Waals surface area (Å²) in [5.41, 5.74) is 2.25. The molecule has 4 heteroatoms. The summed E-state index contributed by atoms with van der Waals surface area (Å²) < 4.78 is 1.10. The highest BCUT2D eigenvalue weighted by molar-refractivity contribution is 9.10. The number of pyridine rings is 1. The Balaban J connectivity index is 2.07. The van der Waals surface area contributed by atoms with E-state index in [1.54, 1.807) is 11.8 Å². The van der Waals surface area contributed by atoms with E-state index in [-0.39, 0.29) is 0 Å². The van der Waals surface area contributed by atoms with E-state index in [2.05, 4.69) is 51.6 Å². The van der Waals surface area contributed by atoms with Crippen molar-refractivity contribution in [2.45, 2.75) is 16.5 Å². The van der Waals surface area contributed by atoms with Gasteiger partial charge in [-0.3, -0.25) is 0 Å². The highest BCUT2D eigenvalue weighted by Gasteiger charge is 2.10. The monoisotopic (exact) mass is 358 g/mol. The molecule has 0 amide bonds. The van der Waals surface area contributed by atoms with Gasteiger partial charge in [-0.1, -0.05) is 42.1 Å². The van der Waals surface area contributed by atoms with Gasteiger partial charge in [0, 0.05) is 21.3 Å². The van der Waals surface area contributed by atoms with Gasteiger partial charge in [0.2, 0.25) is 0 Å². The van der Waals surface area contributed by atoms with Gasteiger partial charge in [0.25, 0.3) is 0 Å². The van der Waals surface area contributed by atoms with Crippen LogP contribution in [0.15, 0.2) is 69.0 Å². The Kier molecular flexibility index (Phi) is 4.58. The van der Waals surface area contributed by atoms with Gasteiger partial charge in [-0.25, -0.2) is 4.98 Å². The zero-order chi connectivity index (χ0) is 14.7. The first-order valence-corrected chi connectivity index (χ1v) is 8.34. The van der Waals surface area contributed by atoms with Crippen molar-refractivity contribution in [2.75, 3.05) is 7.05 Å². The van der Waals surface area contributed by atoms with Gasteiger partial charge in [-0.05, 0) is 52.8 Å². The quantitative estimate of drug-likeness (QED) is 0.720. The number of para-hydroxylation sites is 1. The van der Waals surface area contributed by atoms with E-state index in [9.17, 15) is 0 Å². The zero-order valence-electron chi connectivity index (χ0n) is 11.6. The maximum Gasteiger partial charge on any atom is 0.106 e. The van der Waals surface area contributed by atoms with Crippen molar-refractivity contribution >= 4 is 38.6 Å². The molecular formula is C17H15BrN2S. The predicted octanol–water partition coefficient (Wildman–Crippen LogP) is 4.87. The fourth-order valence-electron chi connectivity index (χ4n) is 2.18. The van der Waals surface area contributed by atoms with Gasteiger partial charge in [0.05, 0.1) is 5.52 Å². The van der Waals surface area contributed by atoms with Crippen LogP contribution in [-0.4, -0.2) is 12.0 Å². The normalized spacial score (nSPS) is 11.0. The van der Waals surface area contributed by atoms with Crippen molar-refractivity contribution in [1.29, 1.82) is 0 Å². The van der Waals surface area contributed by atoms with E-state index in [4.69, 9.17) is 4.98 Å². The second kappa shape index (κ2) is 6.60. The molecular weight excluding hydrogens is 344 g/mol. The minimum atomic E-state index is 0.810. The topological polar surface area (TPSA) is 24.9 Å². The minimum absolute atomic E-state index is 0.810. The molecule has 0 fully saturated rings. The van der Waals surface area contributed by atoms with E-state index in [0.29, 0.717) is 0 Å². The molecule has 0 atom stereocenters. The fourth-order valence-corrected chi connectivity index (χ4v) is 3.63. The van der Waals surface area contributed by atoms with Crippen LogP contribution in [0, 0.1) is 0 Å². The number of halogens is 1. The highest BCUT2D eigenvalue weighted by Crippen LogP contribution is 2.35. The molecule has 0 aliphatic rings. The van der Waals surface area contributed by atoms with Crippen molar-refractivity contribution in [2.24, 2.45) is 0 Å². The summed E-state index contributed by atoms with van der Waals surface area (Å²) in [6.07, 6.45) is 0. The van der Waals surface area contributed by atoms with E-state index in [0.717, 1.165) is 21.6 Å². The number of nitrogens with zero attached hydrogens (tertiary/aromatic N) is 1. The number of rotatable bonds is 4. The average Bonchev–Trinajstić information content (AvgIpc) is 2.50. The highest BCUT2D eigenvalue weighted by atomic mass is 79.9. The average molecular weight is 359 g/mol. The van der Waals surface area contributed by atoms with E-state index in [1.807, 2.05) is 31.3 Å². The Labute approximate surface area is 137 Å². The van der Waals surface area contributed by atoms with Crippen LogP contribution in [0.5, 0.6) is 0 Å². The number of fused-ring (bicyclic) bond motifs is 1. The third kappa shape index (κ3) is 3.28. The maximum absolute atomic E-state index is 4.83. The summed E-state index contributed by atoms with van der Waals surface area (Å²) in [6, 6.07) is 18.7. The summed E-state index contributed by atoms with van der Waals surface area (Å²) in [5, 5.41) is 5.46. The van der Waals surface area contributed by atoms with Crippen LogP contribution in [0.2, 0.25) is 0 Å². The molecule has 3 aromatic rings. The molecule has 0 radical (unpaired) electrons. The number of benzene rings is 2. The van der Waals surface area contributed by atoms with Crippen LogP contribution < -0.4 is 5.32 Å². The largest absolute Gasteiger partial charge is 0.316 e. The van der Waals surface area contributed by atoms with Crippen LogP contribution in [0.25, 0.3) is 10.9 Å². The standard InChI is InChI=1S/C17H15BrN2S/c1-19-11-13-10-12-6-2-4-8-15(12)20-17(13)21-16-9-5-3-7-14(16)18/h2-10,19H,11H2,1H3. The van der Waals surface area contributed by atoms with Crippen molar-refractivity contribution in [3.8, 4) is 0 Å². The van der Waals surface area contributed by atoms with Gasteiger partial charge >= 0.3 is 0 Å². The van der Waals surface area contributed by atoms with Crippen LogP contribution in [0.1, 0.15) is 5.56 Å². The molecule has 1 N–H and O–H groups in total. The van der Waals surface area contributed by atoms with E-state index in [1.165, 1.54) is 15.8 Å². The lowest BCUT2D eigenvalue weighted by Crippen LogP contribution is -2.07. The number of hydrogen-bond acceptors (Lipinski definition) is 3. The Morgan fingerprint density at radius 1 is 1.10 bits per heavy atom. The maximum atomic E-state index is 4.83. The van der Waals surface area contributed by atoms with Gasteiger partial charge in [-0.2, -0.15) is 0 Å². The summed E-state index contributed by atoms with van der Waals surface area (Å²) in [4.78, 5) is 6.01. The van der Waals surface area contributed by atoms with E-state index >= 15 is 0 Å². The lowest BCUT2D eigenvalue weighted by molar-refractivity contribution is 0.794. The lowest BCUT2D eigenvalue weighted by Gasteiger charge is -2.11. The Morgan fingerprint density at radius 3 is 2.67 bits per heavy atom. The second-order valence-corrected chi connectivity index (χ2v) is 6.59. The summed E-state index contributed by atoms with van der Waals surface area (Å²) in [5.74, 6) is 0. The number of hydrogen-bond donors (Lipinski definition) is 1. The minimum Gasteiger partial charge on any atom is -0.316 e. The third-order valence-electron chi connectivity index (χ3n) is 3.17. The number of nitrogens with one attached hydrogen (secondary N) is 1. The molecule has 21 heavy (non-hydrogen) atoms. The zero-order valence-corrected chi connectivity index (χ0v) is 14.0. The molecule has 0 aliphatic heterocycles. The van der Waals surface area contributed by atoms with Gasteiger partial charge < -0.3 is 5.32 Å². The van der Waals surface area contributed by atoms with Crippen LogP contribution in [0.3, 0.4) is 0 Å². The molecule has 0 bridgehead atoms. The molecule has 106 valence electrons. The summed E-state index contributed by atoms with van der Waals surface area (Å²) >= 11 is 5.30. The molecule has 2 nitrogen and oxygen atoms in total. The smallest absolute Gasteiger partial charge is 0.106 e. The third-order valence-corrected chi connectivity index (χ3v) is 5.25. The summed E-state index contributed by atoms with van der Waals surface area (Å²) in [6.45, 7) is 0.810. The first-order chi connectivity index (χ1) is 10.3. The van der Waals surface area contributed by atoms with Gasteiger partial charge in [0.15, 0.2) is 0 Å². The predicted molar refractivity (Wildman–Crippen MR) is 92.8 cm³/mol. The molecule has 1 heterocycles.